The van der Waals surface area contributed by atoms with Crippen LogP contribution in [0.25, 0.3) is 10.9 Å². The van der Waals surface area contributed by atoms with Crippen LogP contribution in [0.3, 0.4) is 0 Å². The molecule has 0 unspecified atom stereocenters. The van der Waals surface area contributed by atoms with Crippen molar-refractivity contribution in [3.05, 3.63) is 95.9 Å². The van der Waals surface area contributed by atoms with Crippen LogP contribution in [0.5, 0.6) is 0 Å². The largest absolute Gasteiger partial charge is 0.245 e. The molecule has 4 aromatic rings. The van der Waals surface area contributed by atoms with Crippen LogP contribution in [0.15, 0.2) is 83.9 Å². The van der Waals surface area contributed by atoms with Crippen LogP contribution in [0.1, 0.15) is 11.1 Å². The molecular formula is C21H16FN3. The van der Waals surface area contributed by atoms with E-state index in [0.717, 1.165) is 16.8 Å². The van der Waals surface area contributed by atoms with E-state index in [4.69, 9.17) is 4.99 Å². The van der Waals surface area contributed by atoms with Crippen molar-refractivity contribution in [3.8, 4) is 0 Å². The van der Waals surface area contributed by atoms with Gasteiger partial charge in [-0.3, -0.25) is 0 Å². The molecule has 0 bridgehead atoms. The maximum atomic E-state index is 14.2. The number of halogens is 1. The number of nitrogens with zero attached hydrogens (tertiary/aromatic N) is 3. The summed E-state index contributed by atoms with van der Waals surface area (Å²) in [5.41, 5.74) is 4.05. The van der Waals surface area contributed by atoms with Gasteiger partial charge in [-0.25, -0.2) is 9.67 Å². The fraction of sp³-hybridized carbons (Fsp3) is 0.0476. The molecule has 0 N–H and O–H groups in total. The number of aliphatic imine (C=N–C) groups is 1. The molecule has 122 valence electrons. The van der Waals surface area contributed by atoms with Gasteiger partial charge in [0.25, 0.3) is 0 Å². The van der Waals surface area contributed by atoms with Crippen molar-refractivity contribution in [3.63, 3.8) is 0 Å². The van der Waals surface area contributed by atoms with E-state index in [0.29, 0.717) is 16.6 Å². The molecule has 4 heteroatoms. The van der Waals surface area contributed by atoms with Gasteiger partial charge in [-0.2, -0.15) is 9.49 Å². The standard InChI is InChI=1S/C21H16FN3/c1-25-21(22)17-13-8-14-18(20(17)24-25)23-19(15-9-4-2-5-10-15)16-11-6-3-7-12-16/h2-14H,1H3. The maximum absolute atomic E-state index is 14.2. The maximum Gasteiger partial charge on any atom is 0.219 e. The van der Waals surface area contributed by atoms with Gasteiger partial charge >= 0.3 is 0 Å². The second-order valence-corrected chi connectivity index (χ2v) is 5.78. The normalized spacial score (nSPS) is 10.8. The van der Waals surface area contributed by atoms with E-state index >= 15 is 0 Å². The fourth-order valence-corrected chi connectivity index (χ4v) is 2.87. The zero-order chi connectivity index (χ0) is 17.2. The molecular weight excluding hydrogens is 313 g/mol. The lowest BCUT2D eigenvalue weighted by Crippen LogP contribution is -2.02. The van der Waals surface area contributed by atoms with Gasteiger partial charge in [0.2, 0.25) is 5.95 Å². The van der Waals surface area contributed by atoms with Crippen LogP contribution in [0, 0.1) is 5.95 Å². The van der Waals surface area contributed by atoms with Crippen molar-refractivity contribution in [1.29, 1.82) is 0 Å². The highest BCUT2D eigenvalue weighted by molar-refractivity contribution is 6.14. The average molecular weight is 329 g/mol. The second-order valence-electron chi connectivity index (χ2n) is 5.78. The predicted molar refractivity (Wildman–Crippen MR) is 98.9 cm³/mol. The zero-order valence-electron chi connectivity index (χ0n) is 13.7. The Balaban J connectivity index is 1.96. The first-order valence-corrected chi connectivity index (χ1v) is 8.05. The second kappa shape index (κ2) is 6.32. The van der Waals surface area contributed by atoms with E-state index < -0.39 is 0 Å². The lowest BCUT2D eigenvalue weighted by atomic mass is 10.0. The highest BCUT2D eigenvalue weighted by Crippen LogP contribution is 2.28. The molecule has 1 heterocycles. The summed E-state index contributed by atoms with van der Waals surface area (Å²) in [6, 6.07) is 25.3. The van der Waals surface area contributed by atoms with Crippen molar-refractivity contribution in [1.82, 2.24) is 9.78 Å². The van der Waals surface area contributed by atoms with Crippen molar-refractivity contribution < 1.29 is 4.39 Å². The molecule has 0 spiro atoms. The third-order valence-electron chi connectivity index (χ3n) is 4.10. The predicted octanol–water partition coefficient (Wildman–Crippen LogP) is 4.88. The summed E-state index contributed by atoms with van der Waals surface area (Å²) in [5, 5.41) is 4.76. The number of rotatable bonds is 3. The number of aryl methyl sites for hydroxylation is 1. The first kappa shape index (κ1) is 15.3. The Bertz CT molecular complexity index is 1010. The van der Waals surface area contributed by atoms with Gasteiger partial charge in [0.05, 0.1) is 16.8 Å². The van der Waals surface area contributed by atoms with E-state index in [2.05, 4.69) is 5.10 Å². The highest BCUT2D eigenvalue weighted by Gasteiger charge is 2.13. The average Bonchev–Trinajstić information content (AvgIpc) is 2.96. The Morgan fingerprint density at radius 3 is 2.04 bits per heavy atom. The van der Waals surface area contributed by atoms with Gasteiger partial charge < -0.3 is 0 Å². The third kappa shape index (κ3) is 2.83. The number of aromatic nitrogens is 2. The van der Waals surface area contributed by atoms with Crippen LogP contribution >= 0.6 is 0 Å². The van der Waals surface area contributed by atoms with Gasteiger partial charge in [0.15, 0.2) is 0 Å². The summed E-state index contributed by atoms with van der Waals surface area (Å²) in [5.74, 6) is -0.354. The van der Waals surface area contributed by atoms with Crippen molar-refractivity contribution in [2.24, 2.45) is 12.0 Å². The van der Waals surface area contributed by atoms with Crippen LogP contribution in [0.4, 0.5) is 10.1 Å². The molecule has 0 aliphatic rings. The molecule has 0 atom stereocenters. The Kier molecular flexibility index (Phi) is 3.86. The van der Waals surface area contributed by atoms with Crippen molar-refractivity contribution in [2.75, 3.05) is 0 Å². The minimum absolute atomic E-state index is 0.354. The molecule has 0 aliphatic heterocycles. The molecule has 1 aromatic heterocycles. The smallest absolute Gasteiger partial charge is 0.219 e. The molecule has 0 saturated carbocycles. The quantitative estimate of drug-likeness (QED) is 0.493. The van der Waals surface area contributed by atoms with E-state index in [-0.39, 0.29) is 5.95 Å². The third-order valence-corrected chi connectivity index (χ3v) is 4.10. The van der Waals surface area contributed by atoms with Crippen LogP contribution in [-0.2, 0) is 7.05 Å². The molecule has 4 rings (SSSR count). The van der Waals surface area contributed by atoms with Gasteiger partial charge in [-0.15, -0.1) is 0 Å². The van der Waals surface area contributed by atoms with E-state index in [1.807, 2.05) is 66.7 Å². The number of fused-ring (bicyclic) bond motifs is 1. The molecule has 0 radical (unpaired) electrons. The number of benzene rings is 3. The minimum Gasteiger partial charge on any atom is -0.245 e. The van der Waals surface area contributed by atoms with E-state index in [1.165, 1.54) is 4.68 Å². The topological polar surface area (TPSA) is 30.2 Å². The Labute approximate surface area is 145 Å². The molecule has 25 heavy (non-hydrogen) atoms. The van der Waals surface area contributed by atoms with Gasteiger partial charge in [-0.05, 0) is 12.1 Å². The van der Waals surface area contributed by atoms with Crippen molar-refractivity contribution in [2.45, 2.75) is 0 Å². The molecule has 0 saturated heterocycles. The molecule has 3 nitrogen and oxygen atoms in total. The number of hydrogen-bond donors (Lipinski definition) is 0. The number of hydrogen-bond acceptors (Lipinski definition) is 2. The lowest BCUT2D eigenvalue weighted by molar-refractivity contribution is 0.512. The summed E-state index contributed by atoms with van der Waals surface area (Å²) in [6.07, 6.45) is 0. The van der Waals surface area contributed by atoms with Crippen LogP contribution in [0.2, 0.25) is 0 Å². The lowest BCUT2D eigenvalue weighted by Gasteiger charge is -2.08. The molecule has 0 fully saturated rings. The van der Waals surface area contributed by atoms with Crippen LogP contribution < -0.4 is 0 Å². The summed E-state index contributed by atoms with van der Waals surface area (Å²) < 4.78 is 15.4. The SMILES string of the molecule is Cn1nc2c(N=C(c3ccccc3)c3ccccc3)cccc2c1F. The summed E-state index contributed by atoms with van der Waals surface area (Å²) in [7, 11) is 1.60. The Hall–Kier alpha value is -3.27. The molecule has 0 amide bonds. The monoisotopic (exact) mass is 329 g/mol. The van der Waals surface area contributed by atoms with E-state index in [9.17, 15) is 4.39 Å². The minimum atomic E-state index is -0.354. The molecule has 3 aromatic carbocycles. The summed E-state index contributed by atoms with van der Waals surface area (Å²) in [6.45, 7) is 0. The first-order chi connectivity index (χ1) is 12.2. The zero-order valence-corrected chi connectivity index (χ0v) is 13.7. The van der Waals surface area contributed by atoms with Crippen LogP contribution in [-0.4, -0.2) is 15.5 Å². The Morgan fingerprint density at radius 2 is 1.44 bits per heavy atom. The Morgan fingerprint density at radius 1 is 0.840 bits per heavy atom. The first-order valence-electron chi connectivity index (χ1n) is 8.05. The summed E-state index contributed by atoms with van der Waals surface area (Å²) in [4.78, 5) is 4.86. The molecule has 0 aliphatic carbocycles. The highest BCUT2D eigenvalue weighted by atomic mass is 19.1. The van der Waals surface area contributed by atoms with Gasteiger partial charge in [0.1, 0.15) is 5.52 Å². The fourth-order valence-electron chi connectivity index (χ4n) is 2.87. The summed E-state index contributed by atoms with van der Waals surface area (Å²) >= 11 is 0. The van der Waals surface area contributed by atoms with Gasteiger partial charge in [-0.1, -0.05) is 66.7 Å². The van der Waals surface area contributed by atoms with E-state index in [1.54, 1.807) is 19.2 Å². The van der Waals surface area contributed by atoms with Gasteiger partial charge in [0, 0.05) is 18.2 Å². The van der Waals surface area contributed by atoms with Crippen molar-refractivity contribution >= 4 is 22.3 Å².